The minimum absolute atomic E-state index is 0.325. The van der Waals surface area contributed by atoms with Crippen LogP contribution in [-0.2, 0) is 4.79 Å². The van der Waals surface area contributed by atoms with Gasteiger partial charge in [-0.3, -0.25) is 4.79 Å². The predicted molar refractivity (Wildman–Crippen MR) is 108 cm³/mol. The molecule has 1 aliphatic carbocycles. The Hall–Kier alpha value is -2.14. The first-order valence-electron chi connectivity index (χ1n) is 9.81. The van der Waals surface area contributed by atoms with Crippen LogP contribution in [0.3, 0.4) is 0 Å². The number of aromatic nitrogens is 2. The lowest BCUT2D eigenvalue weighted by atomic mass is 10.0. The van der Waals surface area contributed by atoms with Gasteiger partial charge in [0.2, 0.25) is 5.91 Å². The van der Waals surface area contributed by atoms with Crippen molar-refractivity contribution in [3.63, 3.8) is 0 Å². The third kappa shape index (κ3) is 4.41. The molecule has 2 aliphatic rings. The summed E-state index contributed by atoms with van der Waals surface area (Å²) < 4.78 is 0. The zero-order valence-corrected chi connectivity index (χ0v) is 16.2. The van der Waals surface area contributed by atoms with Crippen molar-refractivity contribution in [2.45, 2.75) is 32.1 Å². The first-order chi connectivity index (χ1) is 13.2. The van der Waals surface area contributed by atoms with Crippen LogP contribution in [-0.4, -0.2) is 47.2 Å². The molecule has 2 heterocycles. The van der Waals surface area contributed by atoms with E-state index in [0.717, 1.165) is 49.7 Å². The van der Waals surface area contributed by atoms with Crippen molar-refractivity contribution in [3.05, 3.63) is 41.4 Å². The Morgan fingerprint density at radius 2 is 1.67 bits per heavy atom. The summed E-state index contributed by atoms with van der Waals surface area (Å²) in [5, 5.41) is 9.47. The Balaban J connectivity index is 1.32. The number of benzene rings is 1. The number of carbonyl (C=O) groups excluding carboxylic acids is 1. The lowest BCUT2D eigenvalue weighted by Gasteiger charge is -2.35. The third-order valence-electron chi connectivity index (χ3n) is 5.68. The Morgan fingerprint density at radius 1 is 0.963 bits per heavy atom. The number of amides is 1. The van der Waals surface area contributed by atoms with Crippen molar-refractivity contribution < 1.29 is 4.79 Å². The molecule has 0 N–H and O–H groups in total. The SMILES string of the molecule is O=C(CC1CCCC1)N1CCN(c2ccc(-c3ccc(Cl)cc3)nn2)CC1. The molecule has 1 amide bonds. The summed E-state index contributed by atoms with van der Waals surface area (Å²) in [5.74, 6) is 1.81. The maximum absolute atomic E-state index is 12.5. The van der Waals surface area contributed by atoms with Gasteiger partial charge < -0.3 is 9.80 Å². The van der Waals surface area contributed by atoms with E-state index in [0.29, 0.717) is 16.8 Å². The molecule has 6 heteroatoms. The molecule has 2 aromatic rings. The van der Waals surface area contributed by atoms with Crippen LogP contribution < -0.4 is 4.90 Å². The van der Waals surface area contributed by atoms with E-state index in [-0.39, 0.29) is 0 Å². The number of halogens is 1. The van der Waals surface area contributed by atoms with Gasteiger partial charge >= 0.3 is 0 Å². The molecule has 0 atom stereocenters. The lowest BCUT2D eigenvalue weighted by Crippen LogP contribution is -2.49. The van der Waals surface area contributed by atoms with Crippen LogP contribution in [0.1, 0.15) is 32.1 Å². The Morgan fingerprint density at radius 3 is 2.30 bits per heavy atom. The monoisotopic (exact) mass is 384 g/mol. The van der Waals surface area contributed by atoms with Crippen molar-refractivity contribution >= 4 is 23.3 Å². The molecule has 1 saturated heterocycles. The normalized spacial score (nSPS) is 18.1. The molecule has 0 unspecified atom stereocenters. The van der Waals surface area contributed by atoms with Gasteiger partial charge in [0, 0.05) is 43.2 Å². The van der Waals surface area contributed by atoms with E-state index < -0.39 is 0 Å². The van der Waals surface area contributed by atoms with Gasteiger partial charge in [-0.2, -0.15) is 0 Å². The number of rotatable bonds is 4. The van der Waals surface area contributed by atoms with Crippen molar-refractivity contribution in [1.82, 2.24) is 15.1 Å². The average Bonchev–Trinajstić information content (AvgIpc) is 3.22. The highest BCUT2D eigenvalue weighted by Crippen LogP contribution is 2.28. The number of anilines is 1. The molecule has 2 fully saturated rings. The molecule has 142 valence electrons. The Kier molecular flexibility index (Phi) is 5.58. The van der Waals surface area contributed by atoms with Gasteiger partial charge in [0.1, 0.15) is 0 Å². The van der Waals surface area contributed by atoms with Crippen LogP contribution in [0.4, 0.5) is 5.82 Å². The largest absolute Gasteiger partial charge is 0.352 e. The van der Waals surface area contributed by atoms with E-state index in [1.807, 2.05) is 41.3 Å². The minimum Gasteiger partial charge on any atom is -0.352 e. The maximum atomic E-state index is 12.5. The molecule has 1 aromatic carbocycles. The van der Waals surface area contributed by atoms with Gasteiger partial charge in [-0.25, -0.2) is 0 Å². The highest BCUT2D eigenvalue weighted by atomic mass is 35.5. The van der Waals surface area contributed by atoms with Gasteiger partial charge in [-0.05, 0) is 43.0 Å². The second-order valence-electron chi connectivity index (χ2n) is 7.51. The van der Waals surface area contributed by atoms with Crippen LogP contribution in [0.2, 0.25) is 5.02 Å². The van der Waals surface area contributed by atoms with Crippen molar-refractivity contribution in [1.29, 1.82) is 0 Å². The molecule has 0 spiro atoms. The summed E-state index contributed by atoms with van der Waals surface area (Å²) in [5.41, 5.74) is 1.83. The van der Waals surface area contributed by atoms with Gasteiger partial charge in [-0.1, -0.05) is 36.6 Å². The zero-order chi connectivity index (χ0) is 18.6. The second-order valence-corrected chi connectivity index (χ2v) is 7.94. The minimum atomic E-state index is 0.325. The van der Waals surface area contributed by atoms with Crippen LogP contribution in [0.15, 0.2) is 36.4 Å². The van der Waals surface area contributed by atoms with E-state index in [1.165, 1.54) is 25.7 Å². The molecular weight excluding hydrogens is 360 g/mol. The molecule has 4 rings (SSSR count). The Bertz CT molecular complexity index is 764. The molecule has 5 nitrogen and oxygen atoms in total. The van der Waals surface area contributed by atoms with E-state index in [9.17, 15) is 4.79 Å². The lowest BCUT2D eigenvalue weighted by molar-refractivity contribution is -0.132. The van der Waals surface area contributed by atoms with Crippen molar-refractivity contribution in [2.75, 3.05) is 31.1 Å². The maximum Gasteiger partial charge on any atom is 0.222 e. The van der Waals surface area contributed by atoms with Crippen molar-refractivity contribution in [3.8, 4) is 11.3 Å². The van der Waals surface area contributed by atoms with E-state index in [1.54, 1.807) is 0 Å². The highest BCUT2D eigenvalue weighted by molar-refractivity contribution is 6.30. The fourth-order valence-corrected chi connectivity index (χ4v) is 4.17. The third-order valence-corrected chi connectivity index (χ3v) is 5.94. The zero-order valence-electron chi connectivity index (χ0n) is 15.5. The van der Waals surface area contributed by atoms with Crippen LogP contribution in [0.5, 0.6) is 0 Å². The molecule has 0 radical (unpaired) electrons. The quantitative estimate of drug-likeness (QED) is 0.798. The van der Waals surface area contributed by atoms with Gasteiger partial charge in [0.15, 0.2) is 5.82 Å². The smallest absolute Gasteiger partial charge is 0.222 e. The fraction of sp³-hybridized carbons (Fsp3) is 0.476. The summed E-state index contributed by atoms with van der Waals surface area (Å²) >= 11 is 5.94. The summed E-state index contributed by atoms with van der Waals surface area (Å²) in [6.45, 7) is 3.16. The summed E-state index contributed by atoms with van der Waals surface area (Å²) in [6.07, 6.45) is 5.75. The molecule has 27 heavy (non-hydrogen) atoms. The molecule has 1 aliphatic heterocycles. The highest BCUT2D eigenvalue weighted by Gasteiger charge is 2.25. The number of carbonyl (C=O) groups is 1. The standard InChI is InChI=1S/C21H25ClN4O/c22-18-7-5-17(6-8-18)19-9-10-20(24-23-19)25-11-13-26(14-12-25)21(27)15-16-3-1-2-4-16/h5-10,16H,1-4,11-15H2. The number of hydrogen-bond acceptors (Lipinski definition) is 4. The average molecular weight is 385 g/mol. The Labute approximate surface area is 165 Å². The van der Waals surface area contributed by atoms with Crippen molar-refractivity contribution in [2.24, 2.45) is 5.92 Å². The van der Waals surface area contributed by atoms with Crippen LogP contribution >= 0.6 is 11.6 Å². The summed E-state index contributed by atoms with van der Waals surface area (Å²) in [7, 11) is 0. The number of nitrogens with zero attached hydrogens (tertiary/aromatic N) is 4. The molecule has 0 bridgehead atoms. The first kappa shape index (κ1) is 18.2. The van der Waals surface area contributed by atoms with Crippen LogP contribution in [0, 0.1) is 5.92 Å². The van der Waals surface area contributed by atoms with E-state index in [4.69, 9.17) is 11.6 Å². The van der Waals surface area contributed by atoms with Gasteiger partial charge in [0.05, 0.1) is 5.69 Å². The van der Waals surface area contributed by atoms with E-state index in [2.05, 4.69) is 15.1 Å². The van der Waals surface area contributed by atoms with Crippen LogP contribution in [0.25, 0.3) is 11.3 Å². The summed E-state index contributed by atoms with van der Waals surface area (Å²) in [4.78, 5) is 16.7. The predicted octanol–water partition coefficient (Wildman–Crippen LogP) is 4.03. The van der Waals surface area contributed by atoms with Gasteiger partial charge in [-0.15, -0.1) is 10.2 Å². The van der Waals surface area contributed by atoms with E-state index >= 15 is 0 Å². The number of piperazine rings is 1. The first-order valence-corrected chi connectivity index (χ1v) is 10.2. The van der Waals surface area contributed by atoms with Gasteiger partial charge in [0.25, 0.3) is 0 Å². The molecule has 1 saturated carbocycles. The summed E-state index contributed by atoms with van der Waals surface area (Å²) in [6, 6.07) is 11.6. The second kappa shape index (κ2) is 8.26. The number of hydrogen-bond donors (Lipinski definition) is 0. The fourth-order valence-electron chi connectivity index (χ4n) is 4.04. The molecular formula is C21H25ClN4O. The topological polar surface area (TPSA) is 49.3 Å². The molecule has 1 aromatic heterocycles.